The molecule has 2 aromatic carbocycles. The minimum Gasteiger partial charge on any atom is -0.507 e. The number of aryl methyl sites for hydroxylation is 1. The molecule has 18 heavy (non-hydrogen) atoms. The van der Waals surface area contributed by atoms with Crippen LogP contribution in [0.2, 0.25) is 0 Å². The molecule has 0 radical (unpaired) electrons. The predicted octanol–water partition coefficient (Wildman–Crippen LogP) is 3.68. The number of para-hydroxylation sites is 1. The number of hydrogen-bond donors (Lipinski definition) is 1. The summed E-state index contributed by atoms with van der Waals surface area (Å²) in [6, 6.07) is 14.7. The van der Waals surface area contributed by atoms with Crippen LogP contribution in [0.4, 0.5) is 0 Å². The molecule has 0 heterocycles. The van der Waals surface area contributed by atoms with Gasteiger partial charge in [0.2, 0.25) is 0 Å². The van der Waals surface area contributed by atoms with Crippen LogP contribution in [0.1, 0.15) is 15.9 Å². The summed E-state index contributed by atoms with van der Waals surface area (Å²) in [5.41, 5.74) is 1.59. The van der Waals surface area contributed by atoms with Gasteiger partial charge in [-0.15, -0.1) is 11.8 Å². The fourth-order valence-electron chi connectivity index (χ4n) is 1.57. The molecule has 0 spiro atoms. The monoisotopic (exact) mass is 258 g/mol. The molecule has 2 nitrogen and oxygen atoms in total. The lowest BCUT2D eigenvalue weighted by Crippen LogP contribution is -2.02. The van der Waals surface area contributed by atoms with E-state index in [4.69, 9.17) is 0 Å². The molecule has 0 fully saturated rings. The highest BCUT2D eigenvalue weighted by atomic mass is 32.2. The van der Waals surface area contributed by atoms with E-state index in [0.29, 0.717) is 11.3 Å². The molecule has 0 saturated carbocycles. The van der Waals surface area contributed by atoms with Crippen molar-refractivity contribution in [3.63, 3.8) is 0 Å². The molecule has 0 aliphatic carbocycles. The van der Waals surface area contributed by atoms with Crippen LogP contribution in [-0.2, 0) is 0 Å². The Labute approximate surface area is 111 Å². The minimum absolute atomic E-state index is 0.0482. The van der Waals surface area contributed by atoms with Gasteiger partial charge in [-0.2, -0.15) is 0 Å². The molecule has 3 heteroatoms. The topological polar surface area (TPSA) is 37.3 Å². The van der Waals surface area contributed by atoms with Crippen molar-refractivity contribution in [1.82, 2.24) is 0 Å². The molecule has 1 N–H and O–H groups in total. The molecule has 0 aliphatic heterocycles. The molecule has 0 atom stereocenters. The molecule has 0 saturated heterocycles. The molecule has 2 aromatic rings. The Bertz CT molecular complexity index is 547. The first-order valence-electron chi connectivity index (χ1n) is 5.67. The Kier molecular flexibility index (Phi) is 4.05. The number of hydrogen-bond acceptors (Lipinski definition) is 3. The summed E-state index contributed by atoms with van der Waals surface area (Å²) < 4.78 is 0. The van der Waals surface area contributed by atoms with Crippen LogP contribution in [0, 0.1) is 6.92 Å². The van der Waals surface area contributed by atoms with Crippen LogP contribution in [0.25, 0.3) is 0 Å². The Hall–Kier alpha value is -1.74. The summed E-state index contributed by atoms with van der Waals surface area (Å²) in [4.78, 5) is 13.0. The first-order valence-corrected chi connectivity index (χ1v) is 6.66. The first-order chi connectivity index (χ1) is 8.66. The van der Waals surface area contributed by atoms with E-state index in [2.05, 4.69) is 0 Å². The van der Waals surface area contributed by atoms with Gasteiger partial charge in [-0.3, -0.25) is 4.79 Å². The number of ketones is 1. The van der Waals surface area contributed by atoms with Crippen molar-refractivity contribution >= 4 is 17.5 Å². The van der Waals surface area contributed by atoms with Crippen LogP contribution in [0.15, 0.2) is 53.4 Å². The molecule has 0 unspecified atom stereocenters. The van der Waals surface area contributed by atoms with Crippen molar-refractivity contribution in [2.45, 2.75) is 11.8 Å². The maximum absolute atomic E-state index is 11.9. The third kappa shape index (κ3) is 3.14. The summed E-state index contributed by atoms with van der Waals surface area (Å²) in [7, 11) is 0. The molecule has 0 aliphatic rings. The molecule has 0 bridgehead atoms. The van der Waals surface area contributed by atoms with E-state index in [1.165, 1.54) is 23.4 Å². The number of carbonyl (C=O) groups is 1. The lowest BCUT2D eigenvalue weighted by Gasteiger charge is -2.04. The molecule has 92 valence electrons. The third-order valence-corrected chi connectivity index (χ3v) is 3.61. The summed E-state index contributed by atoms with van der Waals surface area (Å²) >= 11 is 1.48. The fraction of sp³-hybridized carbons (Fsp3) is 0.133. The van der Waals surface area contributed by atoms with E-state index in [0.717, 1.165) is 4.90 Å². The number of phenols is 1. The maximum atomic E-state index is 11.9. The van der Waals surface area contributed by atoms with Gasteiger partial charge in [0.05, 0.1) is 11.3 Å². The van der Waals surface area contributed by atoms with Gasteiger partial charge >= 0.3 is 0 Å². The number of thioether (sulfide) groups is 1. The summed E-state index contributed by atoms with van der Waals surface area (Å²) in [6.45, 7) is 2.03. The largest absolute Gasteiger partial charge is 0.507 e. The van der Waals surface area contributed by atoms with Crippen molar-refractivity contribution < 1.29 is 9.90 Å². The van der Waals surface area contributed by atoms with Crippen molar-refractivity contribution in [2.75, 3.05) is 5.75 Å². The van der Waals surface area contributed by atoms with Gasteiger partial charge in [0.25, 0.3) is 0 Å². The zero-order chi connectivity index (χ0) is 13.0. The van der Waals surface area contributed by atoms with Crippen LogP contribution in [0.5, 0.6) is 5.75 Å². The predicted molar refractivity (Wildman–Crippen MR) is 74.3 cm³/mol. The number of Topliss-reactive ketones (excluding diaryl/α,β-unsaturated/α-hetero) is 1. The average molecular weight is 258 g/mol. The summed E-state index contributed by atoms with van der Waals surface area (Å²) in [5, 5.41) is 9.58. The average Bonchev–Trinajstić information content (AvgIpc) is 2.38. The smallest absolute Gasteiger partial charge is 0.176 e. The van der Waals surface area contributed by atoms with Gasteiger partial charge in [0.1, 0.15) is 5.75 Å². The Morgan fingerprint density at radius 3 is 2.44 bits per heavy atom. The van der Waals surface area contributed by atoms with Gasteiger partial charge in [-0.1, -0.05) is 29.8 Å². The zero-order valence-corrected chi connectivity index (χ0v) is 10.9. The first kappa shape index (κ1) is 12.7. The molecule has 0 aromatic heterocycles. The number of carbonyl (C=O) groups excluding carboxylic acids is 1. The lowest BCUT2D eigenvalue weighted by molar-refractivity contribution is 0.102. The van der Waals surface area contributed by atoms with E-state index in [9.17, 15) is 9.90 Å². The van der Waals surface area contributed by atoms with E-state index in [-0.39, 0.29) is 11.5 Å². The summed E-state index contributed by atoms with van der Waals surface area (Å²) in [5.74, 6) is 0.325. The van der Waals surface area contributed by atoms with Gasteiger partial charge in [-0.25, -0.2) is 0 Å². The number of benzene rings is 2. The molecular weight excluding hydrogens is 244 g/mol. The van der Waals surface area contributed by atoms with Crippen molar-refractivity contribution in [3.05, 3.63) is 59.7 Å². The van der Waals surface area contributed by atoms with E-state index in [1.54, 1.807) is 18.2 Å². The molecular formula is C15H14O2S. The molecule has 2 rings (SSSR count). The lowest BCUT2D eigenvalue weighted by atomic mass is 10.1. The SMILES string of the molecule is Cc1ccc(SCC(=O)c2ccccc2O)cc1. The van der Waals surface area contributed by atoms with Crippen LogP contribution >= 0.6 is 11.8 Å². The number of rotatable bonds is 4. The van der Waals surface area contributed by atoms with Crippen LogP contribution in [-0.4, -0.2) is 16.6 Å². The third-order valence-electron chi connectivity index (χ3n) is 2.60. The highest BCUT2D eigenvalue weighted by molar-refractivity contribution is 8.00. The highest BCUT2D eigenvalue weighted by Crippen LogP contribution is 2.22. The Morgan fingerprint density at radius 2 is 1.78 bits per heavy atom. The second kappa shape index (κ2) is 5.74. The van der Waals surface area contributed by atoms with Gasteiger partial charge in [0.15, 0.2) is 5.78 Å². The maximum Gasteiger partial charge on any atom is 0.176 e. The second-order valence-electron chi connectivity index (χ2n) is 4.04. The van der Waals surface area contributed by atoms with E-state index >= 15 is 0 Å². The van der Waals surface area contributed by atoms with Crippen LogP contribution in [0.3, 0.4) is 0 Å². The van der Waals surface area contributed by atoms with E-state index in [1.807, 2.05) is 31.2 Å². The normalized spacial score (nSPS) is 10.3. The van der Waals surface area contributed by atoms with Gasteiger partial charge in [0, 0.05) is 4.90 Å². The Morgan fingerprint density at radius 1 is 1.11 bits per heavy atom. The fourth-order valence-corrected chi connectivity index (χ4v) is 2.35. The molecule has 0 amide bonds. The number of phenolic OH excluding ortho intramolecular Hbond substituents is 1. The quantitative estimate of drug-likeness (QED) is 0.671. The number of aromatic hydroxyl groups is 1. The minimum atomic E-state index is -0.0568. The Balaban J connectivity index is 2.01. The zero-order valence-electron chi connectivity index (χ0n) is 10.1. The van der Waals surface area contributed by atoms with Crippen molar-refractivity contribution in [1.29, 1.82) is 0 Å². The van der Waals surface area contributed by atoms with E-state index < -0.39 is 0 Å². The second-order valence-corrected chi connectivity index (χ2v) is 5.09. The highest BCUT2D eigenvalue weighted by Gasteiger charge is 2.10. The summed E-state index contributed by atoms with van der Waals surface area (Å²) in [6.07, 6.45) is 0. The van der Waals surface area contributed by atoms with Gasteiger partial charge in [-0.05, 0) is 31.2 Å². The van der Waals surface area contributed by atoms with Crippen molar-refractivity contribution in [2.24, 2.45) is 0 Å². The van der Waals surface area contributed by atoms with Gasteiger partial charge < -0.3 is 5.11 Å². The van der Waals surface area contributed by atoms with Crippen molar-refractivity contribution in [3.8, 4) is 5.75 Å². The van der Waals surface area contributed by atoms with Crippen LogP contribution < -0.4 is 0 Å². The standard InChI is InChI=1S/C15H14O2S/c1-11-6-8-12(9-7-11)18-10-15(17)13-4-2-3-5-14(13)16/h2-9,16H,10H2,1H3.